The second kappa shape index (κ2) is 4.42. The third kappa shape index (κ3) is 2.46. The minimum Gasteiger partial charge on any atom is -0.508 e. The first kappa shape index (κ1) is 9.60. The Morgan fingerprint density at radius 3 is 2.10 bits per heavy atom. The van der Waals surface area contributed by atoms with Crippen LogP contribution in [0.15, 0.2) is 24.3 Å². The Balaban J connectivity index is 0.000000810. The van der Waals surface area contributed by atoms with Crippen molar-refractivity contribution in [2.45, 2.75) is 13.3 Å². The van der Waals surface area contributed by atoms with E-state index in [0.717, 1.165) is 6.42 Å². The van der Waals surface area contributed by atoms with Crippen molar-refractivity contribution in [2.75, 3.05) is 0 Å². The van der Waals surface area contributed by atoms with Crippen LogP contribution in [-0.2, 0) is 25.0 Å². The molecule has 0 saturated heterocycles. The molecule has 0 aliphatic rings. The maximum atomic E-state index is 8.85. The van der Waals surface area contributed by atoms with Crippen LogP contribution in [0, 0.1) is 0 Å². The summed E-state index contributed by atoms with van der Waals surface area (Å²) < 4.78 is 0. The molecule has 0 aliphatic carbocycles. The van der Waals surface area contributed by atoms with Crippen LogP contribution in [0.4, 0.5) is 0 Å². The van der Waals surface area contributed by atoms with Crippen LogP contribution < -0.4 is 0 Å². The third-order valence-corrected chi connectivity index (χ3v) is 1.34. The Bertz CT molecular complexity index is 181. The predicted octanol–water partition coefficient (Wildman–Crippen LogP) is 1.95. The second-order valence-corrected chi connectivity index (χ2v) is 2.02. The summed E-state index contributed by atoms with van der Waals surface area (Å²) in [5.41, 5.74) is 1.26. The molecule has 53 valence electrons. The molecule has 0 saturated carbocycles. The van der Waals surface area contributed by atoms with Crippen LogP contribution in [0.1, 0.15) is 12.5 Å². The Morgan fingerprint density at radius 1 is 1.20 bits per heavy atom. The molecule has 0 aromatic heterocycles. The Morgan fingerprint density at radius 2 is 1.70 bits per heavy atom. The zero-order chi connectivity index (χ0) is 6.69. The van der Waals surface area contributed by atoms with E-state index in [4.69, 9.17) is 5.11 Å². The summed E-state index contributed by atoms with van der Waals surface area (Å²) in [6.07, 6.45) is 1.03. The van der Waals surface area contributed by atoms with Crippen LogP contribution in [-0.4, -0.2) is 5.11 Å². The van der Waals surface area contributed by atoms with Gasteiger partial charge in [0.15, 0.2) is 0 Å². The fourth-order valence-electron chi connectivity index (χ4n) is 0.732. The fourth-order valence-corrected chi connectivity index (χ4v) is 0.732. The number of phenolic OH excluding ortho intramolecular Hbond substituents is 1. The van der Waals surface area contributed by atoms with Crippen molar-refractivity contribution < 1.29 is 23.7 Å². The number of phenols is 1. The van der Waals surface area contributed by atoms with Crippen molar-refractivity contribution >= 4 is 0 Å². The first-order valence-electron chi connectivity index (χ1n) is 3.11. The van der Waals surface area contributed by atoms with E-state index in [0.29, 0.717) is 5.75 Å². The smallest absolute Gasteiger partial charge is 0.115 e. The van der Waals surface area contributed by atoms with Crippen molar-refractivity contribution in [3.8, 4) is 5.75 Å². The maximum absolute atomic E-state index is 8.85. The van der Waals surface area contributed by atoms with E-state index in [2.05, 4.69) is 6.92 Å². The number of aromatic hydroxyl groups is 1. The first-order chi connectivity index (χ1) is 4.33. The molecule has 1 aromatic carbocycles. The molecule has 1 radical (unpaired) electrons. The molecule has 0 unspecified atom stereocenters. The van der Waals surface area contributed by atoms with Crippen molar-refractivity contribution in [3.63, 3.8) is 0 Å². The molecule has 0 aliphatic heterocycles. The quantitative estimate of drug-likeness (QED) is 0.688. The van der Waals surface area contributed by atoms with Gasteiger partial charge in [-0.15, -0.1) is 0 Å². The van der Waals surface area contributed by atoms with E-state index in [1.165, 1.54) is 5.56 Å². The minimum absolute atomic E-state index is 0. The maximum Gasteiger partial charge on any atom is 0.115 e. The Labute approximate surface area is 73.0 Å². The molecule has 0 atom stereocenters. The molecular formula is C8H10OV. The van der Waals surface area contributed by atoms with E-state index >= 15 is 0 Å². The zero-order valence-corrected chi connectivity index (χ0v) is 7.31. The van der Waals surface area contributed by atoms with Crippen LogP contribution in [0.5, 0.6) is 5.75 Å². The average Bonchev–Trinajstić information content (AvgIpc) is 1.90. The number of rotatable bonds is 1. The molecule has 10 heavy (non-hydrogen) atoms. The Kier molecular flexibility index (Phi) is 4.25. The van der Waals surface area contributed by atoms with Crippen LogP contribution in [0.25, 0.3) is 0 Å². The normalized spacial score (nSPS) is 8.50. The summed E-state index contributed by atoms with van der Waals surface area (Å²) in [6.45, 7) is 2.09. The van der Waals surface area contributed by atoms with Gasteiger partial charge in [0.05, 0.1) is 0 Å². The van der Waals surface area contributed by atoms with E-state index in [1.807, 2.05) is 12.1 Å². The number of hydrogen-bond donors (Lipinski definition) is 1. The van der Waals surface area contributed by atoms with Gasteiger partial charge in [0, 0.05) is 18.6 Å². The van der Waals surface area contributed by atoms with Crippen molar-refractivity contribution in [2.24, 2.45) is 0 Å². The van der Waals surface area contributed by atoms with E-state index in [-0.39, 0.29) is 18.6 Å². The van der Waals surface area contributed by atoms with Crippen molar-refractivity contribution in [3.05, 3.63) is 29.8 Å². The van der Waals surface area contributed by atoms with Gasteiger partial charge in [-0.25, -0.2) is 0 Å². The van der Waals surface area contributed by atoms with Crippen LogP contribution in [0.2, 0.25) is 0 Å². The van der Waals surface area contributed by atoms with Gasteiger partial charge in [0.1, 0.15) is 5.75 Å². The number of benzene rings is 1. The monoisotopic (exact) mass is 173 g/mol. The Hall–Kier alpha value is -0.396. The minimum atomic E-state index is 0. The molecule has 1 aromatic rings. The van der Waals surface area contributed by atoms with Gasteiger partial charge in [-0.3, -0.25) is 0 Å². The average molecular weight is 173 g/mol. The zero-order valence-electron chi connectivity index (χ0n) is 5.91. The molecule has 0 spiro atoms. The molecule has 2 heteroatoms. The van der Waals surface area contributed by atoms with Crippen molar-refractivity contribution in [1.82, 2.24) is 0 Å². The summed E-state index contributed by atoms with van der Waals surface area (Å²) in [4.78, 5) is 0. The van der Waals surface area contributed by atoms with Gasteiger partial charge in [-0.2, -0.15) is 0 Å². The van der Waals surface area contributed by atoms with Crippen LogP contribution in [0.3, 0.4) is 0 Å². The van der Waals surface area contributed by atoms with Gasteiger partial charge in [0.2, 0.25) is 0 Å². The van der Waals surface area contributed by atoms with Gasteiger partial charge in [0.25, 0.3) is 0 Å². The number of hydrogen-bond acceptors (Lipinski definition) is 1. The standard InChI is InChI=1S/C8H10O.V/c1-2-7-3-5-8(9)6-4-7;/h3-6,9H,2H2,1H3;. The predicted molar refractivity (Wildman–Crippen MR) is 37.5 cm³/mol. The third-order valence-electron chi connectivity index (χ3n) is 1.34. The largest absolute Gasteiger partial charge is 0.508 e. The summed E-state index contributed by atoms with van der Waals surface area (Å²) in [5, 5.41) is 8.85. The van der Waals surface area contributed by atoms with E-state index < -0.39 is 0 Å². The van der Waals surface area contributed by atoms with Crippen LogP contribution >= 0.6 is 0 Å². The molecule has 0 bridgehead atoms. The topological polar surface area (TPSA) is 20.2 Å². The summed E-state index contributed by atoms with van der Waals surface area (Å²) in [7, 11) is 0. The first-order valence-corrected chi connectivity index (χ1v) is 3.11. The molecule has 1 N–H and O–H groups in total. The molecule has 1 rings (SSSR count). The van der Waals surface area contributed by atoms with E-state index in [9.17, 15) is 0 Å². The van der Waals surface area contributed by atoms with E-state index in [1.54, 1.807) is 12.1 Å². The number of aryl methyl sites for hydroxylation is 1. The fraction of sp³-hybridized carbons (Fsp3) is 0.250. The molecule has 1 nitrogen and oxygen atoms in total. The molecule has 0 amide bonds. The summed E-state index contributed by atoms with van der Waals surface area (Å²) >= 11 is 0. The van der Waals surface area contributed by atoms with Gasteiger partial charge >= 0.3 is 0 Å². The SMILES string of the molecule is CCc1ccc(O)cc1.[V]. The molecule has 0 heterocycles. The van der Waals surface area contributed by atoms with Crippen molar-refractivity contribution in [1.29, 1.82) is 0 Å². The molecule has 0 fully saturated rings. The summed E-state index contributed by atoms with van der Waals surface area (Å²) in [5.74, 6) is 0.340. The van der Waals surface area contributed by atoms with Gasteiger partial charge in [-0.1, -0.05) is 19.1 Å². The second-order valence-electron chi connectivity index (χ2n) is 2.02. The van der Waals surface area contributed by atoms with Gasteiger partial charge in [-0.05, 0) is 24.1 Å². The van der Waals surface area contributed by atoms with Gasteiger partial charge < -0.3 is 5.11 Å². The molecular weight excluding hydrogens is 163 g/mol. The summed E-state index contributed by atoms with van der Waals surface area (Å²) in [6, 6.07) is 7.27.